The molecule has 0 aromatic carbocycles. The number of hydrogen-bond donors (Lipinski definition) is 1. The maximum atomic E-state index is 6.03. The van der Waals surface area contributed by atoms with Crippen LogP contribution in [-0.2, 0) is 6.54 Å². The normalized spacial score (nSPS) is 20.3. The summed E-state index contributed by atoms with van der Waals surface area (Å²) in [6.07, 6.45) is 4.24. The molecule has 100 valence electrons. The van der Waals surface area contributed by atoms with Gasteiger partial charge in [-0.3, -0.25) is 0 Å². The Morgan fingerprint density at radius 2 is 2.39 bits per heavy atom. The topological polar surface area (TPSA) is 45.4 Å². The van der Waals surface area contributed by atoms with Crippen LogP contribution in [0.15, 0.2) is 12.3 Å². The van der Waals surface area contributed by atoms with E-state index in [1.807, 2.05) is 6.07 Å². The molecule has 4 nitrogen and oxygen atoms in total. The van der Waals surface area contributed by atoms with Crippen LogP contribution in [0.3, 0.4) is 0 Å². The Hall–Kier alpha value is -0.840. The van der Waals surface area contributed by atoms with Crippen LogP contribution in [0.4, 0.5) is 5.82 Å². The van der Waals surface area contributed by atoms with Crippen molar-refractivity contribution >= 4 is 17.4 Å². The highest BCUT2D eigenvalue weighted by Crippen LogP contribution is 2.21. The maximum absolute atomic E-state index is 6.03. The lowest BCUT2D eigenvalue weighted by Gasteiger charge is -2.26. The number of pyridine rings is 1. The van der Waals surface area contributed by atoms with Crippen molar-refractivity contribution in [2.45, 2.75) is 25.4 Å². The van der Waals surface area contributed by atoms with Gasteiger partial charge in [0.15, 0.2) is 0 Å². The zero-order valence-electron chi connectivity index (χ0n) is 11.1. The van der Waals surface area contributed by atoms with Gasteiger partial charge in [0.05, 0.1) is 5.02 Å². The maximum Gasteiger partial charge on any atom is 0.128 e. The third-order valence-electron chi connectivity index (χ3n) is 3.69. The monoisotopic (exact) mass is 268 g/mol. The molecule has 2 N–H and O–H groups in total. The minimum absolute atomic E-state index is 0.450. The average molecular weight is 269 g/mol. The zero-order valence-corrected chi connectivity index (χ0v) is 11.8. The molecule has 2 rings (SSSR count). The number of likely N-dealkylation sites (N-methyl/N-ethyl adjacent to an activating group) is 2. The van der Waals surface area contributed by atoms with Crippen LogP contribution in [0, 0.1) is 0 Å². The fraction of sp³-hybridized carbons (Fsp3) is 0.615. The quantitative estimate of drug-likeness (QED) is 0.903. The number of nitrogens with zero attached hydrogens (tertiary/aromatic N) is 3. The fourth-order valence-corrected chi connectivity index (χ4v) is 2.63. The van der Waals surface area contributed by atoms with Gasteiger partial charge in [-0.05, 0) is 38.1 Å². The highest BCUT2D eigenvalue weighted by molar-refractivity contribution is 6.31. The van der Waals surface area contributed by atoms with Gasteiger partial charge < -0.3 is 15.5 Å². The van der Waals surface area contributed by atoms with E-state index in [-0.39, 0.29) is 0 Å². The number of likely N-dealkylation sites (tertiary alicyclic amines) is 1. The summed E-state index contributed by atoms with van der Waals surface area (Å²) in [6, 6.07) is 2.60. The Balaban J connectivity index is 2.06. The fourth-order valence-electron chi connectivity index (χ4n) is 2.45. The van der Waals surface area contributed by atoms with Crippen LogP contribution >= 0.6 is 11.6 Å². The average Bonchev–Trinajstić information content (AvgIpc) is 2.75. The standard InChI is InChI=1S/C13H21ClN4/c1-17-5-3-4-11(17)9-18(2)13-6-10(7-15)12(14)8-16-13/h6,8,11H,3-5,7,9,15H2,1-2H3. The summed E-state index contributed by atoms with van der Waals surface area (Å²) < 4.78 is 0. The van der Waals surface area contributed by atoms with Crippen molar-refractivity contribution in [1.82, 2.24) is 9.88 Å². The lowest BCUT2D eigenvalue weighted by Crippen LogP contribution is -2.37. The Labute approximate surface area is 114 Å². The number of rotatable bonds is 4. The number of anilines is 1. The predicted molar refractivity (Wildman–Crippen MR) is 76.1 cm³/mol. The molecule has 1 atom stereocenters. The third-order valence-corrected chi connectivity index (χ3v) is 4.03. The van der Waals surface area contributed by atoms with Gasteiger partial charge in [0.25, 0.3) is 0 Å². The molecule has 1 unspecified atom stereocenters. The molecule has 1 aliphatic rings. The smallest absolute Gasteiger partial charge is 0.128 e. The van der Waals surface area contributed by atoms with Gasteiger partial charge in [-0.15, -0.1) is 0 Å². The molecule has 0 bridgehead atoms. The van der Waals surface area contributed by atoms with Gasteiger partial charge in [0, 0.05) is 32.4 Å². The van der Waals surface area contributed by atoms with Crippen LogP contribution in [-0.4, -0.2) is 43.1 Å². The highest BCUT2D eigenvalue weighted by atomic mass is 35.5. The molecule has 1 fully saturated rings. The summed E-state index contributed by atoms with van der Waals surface area (Å²) in [6.45, 7) is 2.64. The van der Waals surface area contributed by atoms with Crippen molar-refractivity contribution in [1.29, 1.82) is 0 Å². The summed E-state index contributed by atoms with van der Waals surface area (Å²) in [5.41, 5.74) is 6.62. The van der Waals surface area contributed by atoms with Crippen molar-refractivity contribution in [2.24, 2.45) is 5.73 Å². The first-order chi connectivity index (χ1) is 8.61. The van der Waals surface area contributed by atoms with Crippen LogP contribution in [0.2, 0.25) is 5.02 Å². The van der Waals surface area contributed by atoms with E-state index in [4.69, 9.17) is 17.3 Å². The molecule has 1 aliphatic heterocycles. The molecule has 5 heteroatoms. The summed E-state index contributed by atoms with van der Waals surface area (Å²) in [4.78, 5) is 8.97. The van der Waals surface area contributed by atoms with Gasteiger partial charge in [-0.2, -0.15) is 0 Å². The molecule has 0 radical (unpaired) electrons. The van der Waals surface area contributed by atoms with Crippen molar-refractivity contribution in [3.05, 3.63) is 22.8 Å². The van der Waals surface area contributed by atoms with Crippen molar-refractivity contribution < 1.29 is 0 Å². The van der Waals surface area contributed by atoms with E-state index in [9.17, 15) is 0 Å². The van der Waals surface area contributed by atoms with Gasteiger partial charge in [-0.25, -0.2) is 4.98 Å². The van der Waals surface area contributed by atoms with Crippen LogP contribution < -0.4 is 10.6 Å². The number of hydrogen-bond acceptors (Lipinski definition) is 4. The molecule has 0 saturated carbocycles. The SMILES string of the molecule is CN(CC1CCCN1C)c1cc(CN)c(Cl)cn1. The second-order valence-corrected chi connectivity index (χ2v) is 5.40. The van der Waals surface area contributed by atoms with E-state index >= 15 is 0 Å². The van der Waals surface area contributed by atoms with E-state index in [1.54, 1.807) is 6.20 Å². The molecule has 1 aromatic heterocycles. The molecule has 0 spiro atoms. The van der Waals surface area contributed by atoms with Crippen LogP contribution in [0.1, 0.15) is 18.4 Å². The molecule has 18 heavy (non-hydrogen) atoms. The minimum atomic E-state index is 0.450. The second-order valence-electron chi connectivity index (χ2n) is 5.00. The zero-order chi connectivity index (χ0) is 13.1. The van der Waals surface area contributed by atoms with E-state index in [1.165, 1.54) is 19.4 Å². The lowest BCUT2D eigenvalue weighted by molar-refractivity contribution is 0.314. The van der Waals surface area contributed by atoms with Crippen molar-refractivity contribution in [2.75, 3.05) is 32.1 Å². The highest BCUT2D eigenvalue weighted by Gasteiger charge is 2.22. The Morgan fingerprint density at radius 1 is 1.61 bits per heavy atom. The Kier molecular flexibility index (Phi) is 4.43. The van der Waals surface area contributed by atoms with E-state index in [0.717, 1.165) is 17.9 Å². The van der Waals surface area contributed by atoms with Gasteiger partial charge >= 0.3 is 0 Å². The van der Waals surface area contributed by atoms with Gasteiger partial charge in [0.1, 0.15) is 5.82 Å². The lowest BCUT2D eigenvalue weighted by atomic mass is 10.2. The number of halogens is 1. The van der Waals surface area contributed by atoms with Gasteiger partial charge in [0.2, 0.25) is 0 Å². The van der Waals surface area contributed by atoms with Crippen molar-refractivity contribution in [3.63, 3.8) is 0 Å². The van der Waals surface area contributed by atoms with Gasteiger partial charge in [-0.1, -0.05) is 11.6 Å². The summed E-state index contributed by atoms with van der Waals surface area (Å²) in [5.74, 6) is 0.945. The minimum Gasteiger partial charge on any atom is -0.358 e. The molecule has 0 aliphatic carbocycles. The van der Waals surface area contributed by atoms with E-state index in [0.29, 0.717) is 17.6 Å². The first-order valence-electron chi connectivity index (χ1n) is 6.37. The molecule has 0 amide bonds. The summed E-state index contributed by atoms with van der Waals surface area (Å²) >= 11 is 6.03. The molecule has 2 heterocycles. The first kappa shape index (κ1) is 13.6. The Bertz CT molecular complexity index is 410. The molecular weight excluding hydrogens is 248 g/mol. The number of aromatic nitrogens is 1. The van der Waals surface area contributed by atoms with Crippen LogP contribution in [0.25, 0.3) is 0 Å². The Morgan fingerprint density at radius 3 is 3.00 bits per heavy atom. The molecule has 1 saturated heterocycles. The molecule has 1 aromatic rings. The number of nitrogens with two attached hydrogens (primary N) is 1. The van der Waals surface area contributed by atoms with E-state index < -0.39 is 0 Å². The third kappa shape index (κ3) is 2.94. The predicted octanol–water partition coefficient (Wildman–Crippen LogP) is 1.72. The van der Waals surface area contributed by atoms with E-state index in [2.05, 4.69) is 28.9 Å². The largest absolute Gasteiger partial charge is 0.358 e. The summed E-state index contributed by atoms with van der Waals surface area (Å²) in [5, 5.41) is 0.646. The summed E-state index contributed by atoms with van der Waals surface area (Å²) in [7, 11) is 4.26. The second kappa shape index (κ2) is 5.87. The van der Waals surface area contributed by atoms with Crippen LogP contribution in [0.5, 0.6) is 0 Å². The molecular formula is C13H21ClN4. The first-order valence-corrected chi connectivity index (χ1v) is 6.75. The van der Waals surface area contributed by atoms with Crippen molar-refractivity contribution in [3.8, 4) is 0 Å².